The zero-order valence-electron chi connectivity index (χ0n) is 6.45. The van der Waals surface area contributed by atoms with E-state index in [0.717, 1.165) is 32.4 Å². The highest BCUT2D eigenvalue weighted by molar-refractivity contribution is 7.47. The van der Waals surface area contributed by atoms with E-state index in [2.05, 4.69) is 16.8 Å². The lowest BCUT2D eigenvalue weighted by atomic mass is 10.4. The summed E-state index contributed by atoms with van der Waals surface area (Å²) in [5.74, 6) is 0.286. The fourth-order valence-corrected chi connectivity index (χ4v) is 1.40. The summed E-state index contributed by atoms with van der Waals surface area (Å²) >= 11 is 4.44. The van der Waals surface area contributed by atoms with Crippen LogP contribution in [0.1, 0.15) is 19.3 Å². The van der Waals surface area contributed by atoms with Crippen molar-refractivity contribution >= 4 is 18.3 Å². The predicted octanol–water partition coefficient (Wildman–Crippen LogP) is 0.729. The Morgan fingerprint density at radius 3 is 3.00 bits per heavy atom. The van der Waals surface area contributed by atoms with Crippen molar-refractivity contribution in [1.82, 2.24) is 4.90 Å². The molecule has 0 N–H and O–H groups in total. The molecule has 1 amide bonds. The van der Waals surface area contributed by atoms with Crippen LogP contribution in [0.3, 0.4) is 0 Å². The topological polar surface area (TPSA) is 32.7 Å². The van der Waals surface area contributed by atoms with Gasteiger partial charge >= 0.3 is 0 Å². The largest absolute Gasteiger partial charge is 0.343 e. The van der Waals surface area contributed by atoms with Crippen LogP contribution in [0.2, 0.25) is 0 Å². The van der Waals surface area contributed by atoms with E-state index in [-0.39, 0.29) is 5.91 Å². The second kappa shape index (κ2) is 4.38. The second-order valence-electron chi connectivity index (χ2n) is 2.69. The van der Waals surface area contributed by atoms with Crippen molar-refractivity contribution in [2.75, 3.05) is 19.6 Å². The smallest absolute Gasteiger partial charge is 0.222 e. The minimum atomic E-state index is 0.286. The summed E-state index contributed by atoms with van der Waals surface area (Å²) in [5.41, 5.74) is 0. The number of rotatable bonds is 4. The van der Waals surface area contributed by atoms with Gasteiger partial charge in [-0.25, -0.2) is 4.36 Å². The lowest BCUT2D eigenvalue weighted by Gasteiger charge is -2.13. The van der Waals surface area contributed by atoms with Gasteiger partial charge in [0.25, 0.3) is 0 Å². The van der Waals surface area contributed by atoms with Gasteiger partial charge in [-0.05, 0) is 12.8 Å². The molecule has 0 spiro atoms. The standard InChI is InChI=1S/C7H12N2OS/c10-7-3-1-5-9(7)6-2-4-8-11/h1-6H2. The van der Waals surface area contributed by atoms with E-state index in [1.807, 2.05) is 4.90 Å². The quantitative estimate of drug-likeness (QED) is 0.586. The van der Waals surface area contributed by atoms with E-state index in [0.29, 0.717) is 6.54 Å². The Balaban J connectivity index is 2.15. The van der Waals surface area contributed by atoms with Crippen LogP contribution in [-0.2, 0) is 17.2 Å². The van der Waals surface area contributed by atoms with E-state index in [9.17, 15) is 4.79 Å². The Hall–Kier alpha value is -0.510. The Kier molecular flexibility index (Phi) is 3.42. The lowest BCUT2D eigenvalue weighted by molar-refractivity contribution is -0.127. The van der Waals surface area contributed by atoms with Gasteiger partial charge in [0.05, 0.1) is 6.54 Å². The molecular formula is C7H12N2OS. The van der Waals surface area contributed by atoms with Gasteiger partial charge in [-0.3, -0.25) is 4.79 Å². The highest BCUT2D eigenvalue weighted by Gasteiger charge is 2.18. The first-order chi connectivity index (χ1) is 5.34. The summed E-state index contributed by atoms with van der Waals surface area (Å²) in [6.07, 6.45) is 2.66. The average Bonchev–Trinajstić information content (AvgIpc) is 2.37. The maximum atomic E-state index is 11.0. The van der Waals surface area contributed by atoms with Gasteiger partial charge in [0, 0.05) is 31.9 Å². The summed E-state index contributed by atoms with van der Waals surface area (Å²) in [5, 5.41) is 0. The number of likely N-dealkylation sites (tertiary alicyclic amines) is 1. The highest BCUT2D eigenvalue weighted by atomic mass is 32.1. The molecule has 1 aliphatic heterocycles. The minimum Gasteiger partial charge on any atom is -0.343 e. The molecule has 1 saturated heterocycles. The molecular weight excluding hydrogens is 160 g/mol. The third-order valence-electron chi connectivity index (χ3n) is 1.85. The highest BCUT2D eigenvalue weighted by Crippen LogP contribution is 2.09. The van der Waals surface area contributed by atoms with Crippen LogP contribution in [0.25, 0.3) is 0 Å². The van der Waals surface area contributed by atoms with E-state index >= 15 is 0 Å². The number of carbonyl (C=O) groups excluding carboxylic acids is 1. The Labute approximate surface area is 71.9 Å². The molecule has 0 radical (unpaired) electrons. The van der Waals surface area contributed by atoms with Gasteiger partial charge in [0.2, 0.25) is 5.91 Å². The van der Waals surface area contributed by atoms with E-state index in [4.69, 9.17) is 0 Å². The van der Waals surface area contributed by atoms with Crippen LogP contribution >= 0.6 is 0 Å². The Morgan fingerprint density at radius 1 is 1.64 bits per heavy atom. The van der Waals surface area contributed by atoms with Crippen molar-refractivity contribution < 1.29 is 4.79 Å². The number of hydrogen-bond donors (Lipinski definition) is 0. The Morgan fingerprint density at radius 2 is 2.45 bits per heavy atom. The molecule has 62 valence electrons. The van der Waals surface area contributed by atoms with E-state index < -0.39 is 0 Å². The molecule has 3 nitrogen and oxygen atoms in total. The summed E-state index contributed by atoms with van der Waals surface area (Å²) in [6.45, 7) is 2.45. The van der Waals surface area contributed by atoms with Gasteiger partial charge in [-0.15, -0.1) is 0 Å². The fraction of sp³-hybridized carbons (Fsp3) is 0.857. The van der Waals surface area contributed by atoms with Crippen LogP contribution in [0.5, 0.6) is 0 Å². The molecule has 0 aromatic rings. The molecule has 0 saturated carbocycles. The zero-order valence-corrected chi connectivity index (χ0v) is 7.27. The van der Waals surface area contributed by atoms with Crippen molar-refractivity contribution in [2.45, 2.75) is 19.3 Å². The average molecular weight is 172 g/mol. The molecule has 4 heteroatoms. The number of nitrogens with zero attached hydrogens (tertiary/aromatic N) is 2. The normalized spacial score (nSPS) is 17.5. The molecule has 0 bridgehead atoms. The number of hydrogen-bond acceptors (Lipinski definition) is 3. The van der Waals surface area contributed by atoms with Gasteiger partial charge in [-0.2, -0.15) is 0 Å². The van der Waals surface area contributed by atoms with Gasteiger partial charge in [0.15, 0.2) is 0 Å². The predicted molar refractivity (Wildman–Crippen MR) is 45.1 cm³/mol. The molecule has 0 unspecified atom stereocenters. The van der Waals surface area contributed by atoms with Gasteiger partial charge in [-0.1, -0.05) is 0 Å². The van der Waals surface area contributed by atoms with Crippen LogP contribution in [0, 0.1) is 0 Å². The maximum absolute atomic E-state index is 11.0. The summed E-state index contributed by atoms with van der Waals surface area (Å²) < 4.78 is 3.57. The molecule has 1 fully saturated rings. The first-order valence-electron chi connectivity index (χ1n) is 3.91. The van der Waals surface area contributed by atoms with Crippen LogP contribution in [-0.4, -0.2) is 30.4 Å². The van der Waals surface area contributed by atoms with Crippen molar-refractivity contribution in [3.05, 3.63) is 0 Å². The second-order valence-corrected chi connectivity index (χ2v) is 2.95. The first-order valence-corrected chi connectivity index (χ1v) is 4.28. The molecule has 0 aromatic carbocycles. The molecule has 0 aliphatic carbocycles. The third-order valence-corrected chi connectivity index (χ3v) is 2.03. The van der Waals surface area contributed by atoms with Crippen molar-refractivity contribution in [3.8, 4) is 0 Å². The first kappa shape index (κ1) is 8.59. The van der Waals surface area contributed by atoms with Crippen molar-refractivity contribution in [2.24, 2.45) is 4.36 Å². The van der Waals surface area contributed by atoms with E-state index in [1.54, 1.807) is 0 Å². The Bertz CT molecular complexity index is 161. The molecule has 0 atom stereocenters. The lowest BCUT2D eigenvalue weighted by Crippen LogP contribution is -2.25. The van der Waals surface area contributed by atoms with Crippen molar-refractivity contribution in [1.29, 1.82) is 0 Å². The number of carbonyl (C=O) groups is 1. The maximum Gasteiger partial charge on any atom is 0.222 e. The van der Waals surface area contributed by atoms with Crippen molar-refractivity contribution in [3.63, 3.8) is 0 Å². The molecule has 1 rings (SSSR count). The fourth-order valence-electron chi connectivity index (χ4n) is 1.27. The number of amides is 1. The van der Waals surface area contributed by atoms with E-state index in [1.165, 1.54) is 0 Å². The SMILES string of the molecule is O=C1CCCN1CCCN=S. The van der Waals surface area contributed by atoms with Crippen LogP contribution in [0.4, 0.5) is 0 Å². The summed E-state index contributed by atoms with van der Waals surface area (Å²) in [7, 11) is 0. The molecule has 1 aliphatic rings. The monoisotopic (exact) mass is 172 g/mol. The molecule has 11 heavy (non-hydrogen) atoms. The summed E-state index contributed by atoms with van der Waals surface area (Å²) in [6, 6.07) is 0. The zero-order chi connectivity index (χ0) is 8.10. The molecule has 1 heterocycles. The van der Waals surface area contributed by atoms with Crippen LogP contribution < -0.4 is 0 Å². The minimum absolute atomic E-state index is 0.286. The summed E-state index contributed by atoms with van der Waals surface area (Å²) in [4.78, 5) is 12.9. The molecule has 0 aromatic heterocycles. The van der Waals surface area contributed by atoms with Gasteiger partial charge in [0.1, 0.15) is 0 Å². The third kappa shape index (κ3) is 2.54. The van der Waals surface area contributed by atoms with Gasteiger partial charge < -0.3 is 4.90 Å². The van der Waals surface area contributed by atoms with Crippen LogP contribution in [0.15, 0.2) is 4.36 Å².